The van der Waals surface area contributed by atoms with Crippen LogP contribution < -0.4 is 0 Å². The van der Waals surface area contributed by atoms with E-state index in [1.54, 1.807) is 0 Å². The fourth-order valence-corrected chi connectivity index (χ4v) is 9.28. The van der Waals surface area contributed by atoms with Crippen molar-refractivity contribution in [3.05, 3.63) is 0 Å². The number of hydrogen-bond acceptors (Lipinski definition) is 6. The number of esters is 3. The molecule has 0 N–H and O–H groups in total. The van der Waals surface area contributed by atoms with Gasteiger partial charge in [-0.2, -0.15) is 0 Å². The monoisotopic (exact) mass is 933 g/mol. The Bertz CT molecular complexity index is 996. The molecule has 0 aliphatic rings. The molecule has 0 fully saturated rings. The first-order valence-electron chi connectivity index (χ1n) is 29.9. The third-order valence-corrected chi connectivity index (χ3v) is 13.8. The second-order valence-corrected chi connectivity index (χ2v) is 21.1. The van der Waals surface area contributed by atoms with Crippen molar-refractivity contribution in [3.63, 3.8) is 0 Å². The summed E-state index contributed by atoms with van der Waals surface area (Å²) in [6, 6.07) is 0. The largest absolute Gasteiger partial charge is 0.462 e. The van der Waals surface area contributed by atoms with Gasteiger partial charge >= 0.3 is 17.9 Å². The van der Waals surface area contributed by atoms with E-state index in [0.29, 0.717) is 19.3 Å². The first kappa shape index (κ1) is 64.4. The van der Waals surface area contributed by atoms with Crippen LogP contribution in [0.4, 0.5) is 0 Å². The zero-order valence-corrected chi connectivity index (χ0v) is 45.2. The molecule has 392 valence electrons. The third kappa shape index (κ3) is 53.4. The van der Waals surface area contributed by atoms with E-state index in [-0.39, 0.29) is 31.1 Å². The van der Waals surface area contributed by atoms with E-state index in [4.69, 9.17) is 14.2 Å². The van der Waals surface area contributed by atoms with E-state index in [2.05, 4.69) is 27.7 Å². The van der Waals surface area contributed by atoms with Gasteiger partial charge in [-0.3, -0.25) is 14.4 Å². The van der Waals surface area contributed by atoms with Crippen molar-refractivity contribution >= 4 is 17.9 Å². The summed E-state index contributed by atoms with van der Waals surface area (Å²) >= 11 is 0. The van der Waals surface area contributed by atoms with E-state index in [0.717, 1.165) is 63.7 Å². The number of carbonyl (C=O) groups excluding carboxylic acids is 3. The van der Waals surface area contributed by atoms with Gasteiger partial charge in [0.2, 0.25) is 0 Å². The van der Waals surface area contributed by atoms with Crippen LogP contribution in [0.3, 0.4) is 0 Å². The van der Waals surface area contributed by atoms with Crippen LogP contribution in [0.25, 0.3) is 0 Å². The Labute approximate surface area is 412 Å². The van der Waals surface area contributed by atoms with Gasteiger partial charge in [0.15, 0.2) is 6.10 Å². The normalized spacial score (nSPS) is 12.0. The van der Waals surface area contributed by atoms with Gasteiger partial charge in [-0.15, -0.1) is 0 Å². The molecule has 0 rings (SSSR count). The molecule has 1 atom stereocenters. The minimum Gasteiger partial charge on any atom is -0.462 e. The van der Waals surface area contributed by atoms with Crippen LogP contribution in [0.5, 0.6) is 0 Å². The Balaban J connectivity index is 4.21. The Hall–Kier alpha value is -1.59. The van der Waals surface area contributed by atoms with Gasteiger partial charge in [0.25, 0.3) is 0 Å². The highest BCUT2D eigenvalue weighted by Crippen LogP contribution is 2.18. The van der Waals surface area contributed by atoms with E-state index in [1.807, 2.05) is 0 Å². The molecular weight excluding hydrogens is 817 g/mol. The predicted molar refractivity (Wildman–Crippen MR) is 284 cm³/mol. The fourth-order valence-electron chi connectivity index (χ4n) is 9.28. The zero-order valence-electron chi connectivity index (χ0n) is 45.2. The lowest BCUT2D eigenvalue weighted by Crippen LogP contribution is -2.30. The van der Waals surface area contributed by atoms with Crippen LogP contribution in [0.2, 0.25) is 0 Å². The molecule has 0 heterocycles. The standard InChI is InChI=1S/C60H116O6/c1-5-7-9-11-13-15-17-18-19-20-21-22-25-28-32-35-39-43-47-51-58(61)64-54-57(66-60(63)53-49-45-41-37-30-16-14-12-10-8-6-2)55-65-59(62)52-48-44-40-36-33-29-26-23-24-27-31-34-38-42-46-50-56(3)4/h56-57H,5-55H2,1-4H3/t57-/m0/s1. The lowest BCUT2D eigenvalue weighted by molar-refractivity contribution is -0.167. The van der Waals surface area contributed by atoms with Crippen LogP contribution >= 0.6 is 0 Å². The Morgan fingerprint density at radius 3 is 0.742 bits per heavy atom. The van der Waals surface area contributed by atoms with Gasteiger partial charge in [0.05, 0.1) is 0 Å². The summed E-state index contributed by atoms with van der Waals surface area (Å²) in [7, 11) is 0. The van der Waals surface area contributed by atoms with Crippen molar-refractivity contribution in [2.75, 3.05) is 13.2 Å². The maximum absolute atomic E-state index is 12.8. The Kier molecular flexibility index (Phi) is 53.0. The molecule has 0 aromatic carbocycles. The topological polar surface area (TPSA) is 78.9 Å². The smallest absolute Gasteiger partial charge is 0.306 e. The lowest BCUT2D eigenvalue weighted by atomic mass is 10.0. The first-order chi connectivity index (χ1) is 32.4. The molecule has 66 heavy (non-hydrogen) atoms. The molecule has 0 unspecified atom stereocenters. The average Bonchev–Trinajstić information content (AvgIpc) is 3.30. The van der Waals surface area contributed by atoms with E-state index >= 15 is 0 Å². The summed E-state index contributed by atoms with van der Waals surface area (Å²) in [5.74, 6) is 0.0147. The van der Waals surface area contributed by atoms with E-state index < -0.39 is 6.10 Å². The van der Waals surface area contributed by atoms with Gasteiger partial charge in [0, 0.05) is 19.3 Å². The number of carbonyl (C=O) groups is 3. The van der Waals surface area contributed by atoms with Crippen LogP contribution in [0.1, 0.15) is 342 Å². The molecule has 0 aliphatic carbocycles. The van der Waals surface area contributed by atoms with Gasteiger partial charge < -0.3 is 14.2 Å². The van der Waals surface area contributed by atoms with Crippen molar-refractivity contribution < 1.29 is 28.6 Å². The third-order valence-electron chi connectivity index (χ3n) is 13.8. The number of rotatable bonds is 55. The molecule has 0 saturated carbocycles. The molecule has 6 nitrogen and oxygen atoms in total. The summed E-state index contributed by atoms with van der Waals surface area (Å²) in [5.41, 5.74) is 0. The van der Waals surface area contributed by atoms with Crippen molar-refractivity contribution in [2.45, 2.75) is 348 Å². The highest BCUT2D eigenvalue weighted by molar-refractivity contribution is 5.71. The molecule has 0 amide bonds. The number of hydrogen-bond donors (Lipinski definition) is 0. The van der Waals surface area contributed by atoms with Gasteiger partial charge in [0.1, 0.15) is 13.2 Å². The summed E-state index contributed by atoms with van der Waals surface area (Å²) in [4.78, 5) is 38.1. The number of ether oxygens (including phenoxy) is 3. The van der Waals surface area contributed by atoms with E-state index in [1.165, 1.54) is 238 Å². The quantitative estimate of drug-likeness (QED) is 0.0343. The van der Waals surface area contributed by atoms with Crippen LogP contribution in [-0.2, 0) is 28.6 Å². The van der Waals surface area contributed by atoms with Crippen LogP contribution in [0, 0.1) is 5.92 Å². The van der Waals surface area contributed by atoms with Crippen molar-refractivity contribution in [3.8, 4) is 0 Å². The van der Waals surface area contributed by atoms with Gasteiger partial charge in [-0.05, 0) is 25.2 Å². The molecule has 0 aliphatic heterocycles. The molecule has 0 bridgehead atoms. The molecule has 0 saturated heterocycles. The summed E-state index contributed by atoms with van der Waals surface area (Å²) < 4.78 is 16.9. The first-order valence-corrected chi connectivity index (χ1v) is 29.9. The molecule has 0 spiro atoms. The van der Waals surface area contributed by atoms with Crippen molar-refractivity contribution in [2.24, 2.45) is 5.92 Å². The highest BCUT2D eigenvalue weighted by atomic mass is 16.6. The summed E-state index contributed by atoms with van der Waals surface area (Å²) in [6.45, 7) is 9.07. The van der Waals surface area contributed by atoms with Crippen molar-refractivity contribution in [1.29, 1.82) is 0 Å². The van der Waals surface area contributed by atoms with E-state index in [9.17, 15) is 14.4 Å². The maximum Gasteiger partial charge on any atom is 0.306 e. The molecular formula is C60H116O6. The molecule has 0 aromatic heterocycles. The zero-order chi connectivity index (χ0) is 48.1. The van der Waals surface area contributed by atoms with Crippen molar-refractivity contribution in [1.82, 2.24) is 0 Å². The average molecular weight is 934 g/mol. The van der Waals surface area contributed by atoms with Gasteiger partial charge in [-0.1, -0.05) is 304 Å². The molecule has 0 aromatic rings. The molecule has 0 radical (unpaired) electrons. The second-order valence-electron chi connectivity index (χ2n) is 21.1. The lowest BCUT2D eigenvalue weighted by Gasteiger charge is -2.18. The summed E-state index contributed by atoms with van der Waals surface area (Å²) in [5, 5.41) is 0. The predicted octanol–water partition coefficient (Wildman–Crippen LogP) is 19.8. The SMILES string of the molecule is CCCCCCCCCCCCCCCCCCCCCC(=O)OC[C@@H](COC(=O)CCCCCCCCCCCCCCCCCC(C)C)OC(=O)CCCCCCCCCCCCC. The minimum atomic E-state index is -0.761. The highest BCUT2D eigenvalue weighted by Gasteiger charge is 2.19. The Morgan fingerprint density at radius 2 is 0.500 bits per heavy atom. The van der Waals surface area contributed by atoms with Crippen LogP contribution in [0.15, 0.2) is 0 Å². The minimum absolute atomic E-state index is 0.0617. The summed E-state index contributed by atoms with van der Waals surface area (Å²) in [6.07, 6.45) is 59.6. The van der Waals surface area contributed by atoms with Gasteiger partial charge in [-0.25, -0.2) is 0 Å². The maximum atomic E-state index is 12.8. The number of unbranched alkanes of at least 4 members (excludes halogenated alkanes) is 42. The fraction of sp³-hybridized carbons (Fsp3) is 0.950. The van der Waals surface area contributed by atoms with Crippen LogP contribution in [-0.4, -0.2) is 37.2 Å². The molecule has 6 heteroatoms. The second kappa shape index (κ2) is 54.4. The Morgan fingerprint density at radius 1 is 0.288 bits per heavy atom.